The van der Waals surface area contributed by atoms with Crippen molar-refractivity contribution in [1.82, 2.24) is 0 Å². The van der Waals surface area contributed by atoms with Crippen molar-refractivity contribution in [2.45, 2.75) is 5.92 Å². The summed E-state index contributed by atoms with van der Waals surface area (Å²) in [5, 5.41) is 9.53. The van der Waals surface area contributed by atoms with Gasteiger partial charge >= 0.3 is 0 Å². The second-order valence-electron chi connectivity index (χ2n) is 4.19. The summed E-state index contributed by atoms with van der Waals surface area (Å²) in [7, 11) is 0. The fourth-order valence-corrected chi connectivity index (χ4v) is 2.65. The van der Waals surface area contributed by atoms with Gasteiger partial charge in [0, 0.05) is 21.2 Å². The van der Waals surface area contributed by atoms with Gasteiger partial charge in [-0.1, -0.05) is 40.9 Å². The van der Waals surface area contributed by atoms with Gasteiger partial charge in [0.1, 0.15) is 11.7 Å². The largest absolute Gasteiger partial charge is 0.292 e. The minimum absolute atomic E-state index is 0.115. The molecule has 0 radical (unpaired) electrons. The number of nitriles is 1. The van der Waals surface area contributed by atoms with E-state index in [0.29, 0.717) is 0 Å². The fraction of sp³-hybridized carbons (Fsp3) is 0.0667. The molecule has 0 bridgehead atoms. The summed E-state index contributed by atoms with van der Waals surface area (Å²) in [5.74, 6) is -2.38. The number of carbonyl (C=O) groups is 1. The number of halogens is 4. The second kappa shape index (κ2) is 6.44. The van der Waals surface area contributed by atoms with Gasteiger partial charge in [0.2, 0.25) is 0 Å². The summed E-state index contributed by atoms with van der Waals surface area (Å²) in [6.45, 7) is 0. The molecule has 0 fully saturated rings. The fourth-order valence-electron chi connectivity index (χ4n) is 1.86. The molecule has 2 aromatic rings. The van der Waals surface area contributed by atoms with Crippen molar-refractivity contribution in [3.8, 4) is 6.07 Å². The summed E-state index contributed by atoms with van der Waals surface area (Å²) in [4.78, 5) is 12.4. The predicted octanol–water partition coefficient (Wildman–Crippen LogP) is 5.28. The number of hydrogen-bond donors (Lipinski definition) is 0. The van der Waals surface area contributed by atoms with Crippen molar-refractivity contribution in [2.24, 2.45) is 0 Å². The van der Waals surface area contributed by atoms with Gasteiger partial charge in [-0.25, -0.2) is 4.39 Å². The van der Waals surface area contributed by atoms with Gasteiger partial charge in [-0.3, -0.25) is 4.79 Å². The third-order valence-electron chi connectivity index (χ3n) is 2.88. The zero-order valence-corrected chi connectivity index (χ0v) is 12.7. The van der Waals surface area contributed by atoms with Crippen molar-refractivity contribution >= 4 is 40.6 Å². The van der Waals surface area contributed by atoms with Crippen LogP contribution in [0, 0.1) is 17.1 Å². The highest BCUT2D eigenvalue weighted by atomic mass is 35.5. The topological polar surface area (TPSA) is 40.9 Å². The Morgan fingerprint density at radius 2 is 1.71 bits per heavy atom. The monoisotopic (exact) mass is 341 g/mol. The Balaban J connectivity index is 2.49. The van der Waals surface area contributed by atoms with Crippen LogP contribution < -0.4 is 0 Å². The van der Waals surface area contributed by atoms with E-state index in [1.165, 1.54) is 24.3 Å². The zero-order valence-electron chi connectivity index (χ0n) is 10.4. The first-order valence-electron chi connectivity index (χ1n) is 5.78. The molecular formula is C15H7Cl3FNO. The van der Waals surface area contributed by atoms with Crippen LogP contribution in [0.4, 0.5) is 4.39 Å². The van der Waals surface area contributed by atoms with Crippen LogP contribution in [0.15, 0.2) is 36.4 Å². The summed E-state index contributed by atoms with van der Waals surface area (Å²) in [5.41, 5.74) is 0.345. The van der Waals surface area contributed by atoms with Crippen LogP contribution in [0.3, 0.4) is 0 Å². The molecule has 0 aliphatic carbocycles. The Kier molecular flexibility index (Phi) is 4.84. The molecule has 0 amide bonds. The summed E-state index contributed by atoms with van der Waals surface area (Å²) >= 11 is 17.7. The van der Waals surface area contributed by atoms with Crippen molar-refractivity contribution in [1.29, 1.82) is 5.26 Å². The molecule has 1 atom stereocenters. The lowest BCUT2D eigenvalue weighted by Gasteiger charge is -2.12. The zero-order chi connectivity index (χ0) is 15.6. The number of Topliss-reactive ketones (excluding diaryl/α,β-unsaturated/α-hetero) is 1. The SMILES string of the molecule is N#CC(C(=O)c1ccc(F)c(Cl)c1)c1c(Cl)cccc1Cl. The van der Waals surface area contributed by atoms with Crippen LogP contribution in [0.1, 0.15) is 21.8 Å². The van der Waals surface area contributed by atoms with Crippen molar-refractivity contribution in [3.05, 3.63) is 68.4 Å². The molecule has 21 heavy (non-hydrogen) atoms. The van der Waals surface area contributed by atoms with Crippen molar-refractivity contribution < 1.29 is 9.18 Å². The summed E-state index contributed by atoms with van der Waals surface area (Å²) in [6.07, 6.45) is 0. The lowest BCUT2D eigenvalue weighted by atomic mass is 9.91. The molecule has 0 spiro atoms. The first-order valence-corrected chi connectivity index (χ1v) is 6.92. The second-order valence-corrected chi connectivity index (χ2v) is 5.41. The molecule has 0 saturated heterocycles. The molecule has 0 N–H and O–H groups in total. The van der Waals surface area contributed by atoms with E-state index < -0.39 is 17.5 Å². The number of hydrogen-bond acceptors (Lipinski definition) is 2. The molecule has 0 heterocycles. The normalized spacial score (nSPS) is 11.8. The van der Waals surface area contributed by atoms with Crippen LogP contribution in [-0.4, -0.2) is 5.78 Å². The molecule has 106 valence electrons. The molecule has 2 rings (SSSR count). The van der Waals surface area contributed by atoms with Gasteiger partial charge in [0.05, 0.1) is 11.1 Å². The van der Waals surface area contributed by atoms with Gasteiger partial charge < -0.3 is 0 Å². The number of benzene rings is 2. The average Bonchev–Trinajstić information content (AvgIpc) is 2.45. The maximum Gasteiger partial charge on any atom is 0.184 e. The smallest absolute Gasteiger partial charge is 0.184 e. The van der Waals surface area contributed by atoms with Crippen LogP contribution in [0.2, 0.25) is 15.1 Å². The number of ketones is 1. The third kappa shape index (κ3) is 3.19. The molecule has 0 saturated carbocycles. The van der Waals surface area contributed by atoms with E-state index >= 15 is 0 Å². The highest BCUT2D eigenvalue weighted by molar-refractivity contribution is 6.36. The van der Waals surface area contributed by atoms with E-state index in [4.69, 9.17) is 34.8 Å². The van der Waals surface area contributed by atoms with Crippen molar-refractivity contribution in [2.75, 3.05) is 0 Å². The molecule has 2 aromatic carbocycles. The minimum Gasteiger partial charge on any atom is -0.292 e. The maximum absolute atomic E-state index is 13.1. The van der Waals surface area contributed by atoms with Gasteiger partial charge in [0.15, 0.2) is 5.78 Å². The molecule has 2 nitrogen and oxygen atoms in total. The van der Waals surface area contributed by atoms with E-state index in [2.05, 4.69) is 0 Å². The lowest BCUT2D eigenvalue weighted by Crippen LogP contribution is -2.12. The lowest BCUT2D eigenvalue weighted by molar-refractivity contribution is 0.0979. The summed E-state index contributed by atoms with van der Waals surface area (Å²) in [6, 6.07) is 10.1. The Hall–Kier alpha value is -1.60. The molecule has 0 aliphatic heterocycles. The molecule has 1 unspecified atom stereocenters. The molecule has 0 aliphatic rings. The van der Waals surface area contributed by atoms with Crippen LogP contribution in [0.5, 0.6) is 0 Å². The predicted molar refractivity (Wildman–Crippen MR) is 80.6 cm³/mol. The van der Waals surface area contributed by atoms with E-state index in [1.807, 2.05) is 6.07 Å². The van der Waals surface area contributed by atoms with E-state index in [0.717, 1.165) is 6.07 Å². The van der Waals surface area contributed by atoms with Gasteiger partial charge in [0.25, 0.3) is 0 Å². The van der Waals surface area contributed by atoms with Gasteiger partial charge in [-0.05, 0) is 30.3 Å². The molecule has 6 heteroatoms. The Labute approximate surface area is 135 Å². The van der Waals surface area contributed by atoms with E-state index in [9.17, 15) is 14.4 Å². The minimum atomic E-state index is -1.19. The highest BCUT2D eigenvalue weighted by Gasteiger charge is 2.26. The number of nitrogens with zero attached hydrogens (tertiary/aromatic N) is 1. The quantitative estimate of drug-likeness (QED) is 0.712. The molecular weight excluding hydrogens is 336 g/mol. The van der Waals surface area contributed by atoms with Crippen LogP contribution >= 0.6 is 34.8 Å². The third-order valence-corrected chi connectivity index (χ3v) is 3.83. The first kappa shape index (κ1) is 15.8. The maximum atomic E-state index is 13.1. The highest BCUT2D eigenvalue weighted by Crippen LogP contribution is 2.33. The summed E-state index contributed by atoms with van der Waals surface area (Å²) < 4.78 is 13.1. The van der Waals surface area contributed by atoms with E-state index in [-0.39, 0.29) is 26.2 Å². The van der Waals surface area contributed by atoms with Gasteiger partial charge in [-0.15, -0.1) is 0 Å². The van der Waals surface area contributed by atoms with E-state index in [1.54, 1.807) is 6.07 Å². The standard InChI is InChI=1S/C15H7Cl3FNO/c16-10-2-1-3-11(17)14(10)9(7-20)15(21)8-4-5-13(19)12(18)6-8/h1-6,9H. The Morgan fingerprint density at radius 1 is 1.10 bits per heavy atom. The molecule has 0 aromatic heterocycles. The number of carbonyl (C=O) groups excluding carboxylic acids is 1. The van der Waals surface area contributed by atoms with Crippen molar-refractivity contribution in [3.63, 3.8) is 0 Å². The Bertz CT molecular complexity index is 735. The Morgan fingerprint density at radius 3 is 2.24 bits per heavy atom. The average molecular weight is 343 g/mol. The van der Waals surface area contributed by atoms with Gasteiger partial charge in [-0.2, -0.15) is 5.26 Å². The van der Waals surface area contributed by atoms with Crippen LogP contribution in [-0.2, 0) is 0 Å². The van der Waals surface area contributed by atoms with Crippen LogP contribution in [0.25, 0.3) is 0 Å². The number of rotatable bonds is 3. The first-order chi connectivity index (χ1) is 9.95.